The van der Waals surface area contributed by atoms with Crippen LogP contribution >= 0.6 is 27.5 Å². The largest absolute Gasteiger partial charge is 0.437 e. The first-order valence-corrected chi connectivity index (χ1v) is 6.20. The van der Waals surface area contributed by atoms with Crippen LogP contribution in [0.3, 0.4) is 0 Å². The predicted molar refractivity (Wildman–Crippen MR) is 73.8 cm³/mol. The average molecular weight is 330 g/mol. The van der Waals surface area contributed by atoms with Crippen molar-refractivity contribution in [2.24, 2.45) is 5.84 Å². The molecule has 1 aromatic carbocycles. The van der Waals surface area contributed by atoms with Crippen molar-refractivity contribution in [3.63, 3.8) is 0 Å². The number of hydrogen-bond donors (Lipinski definition) is 2. The van der Waals surface area contributed by atoms with Gasteiger partial charge in [0.05, 0.1) is 6.20 Å². The number of nitrogens with zero attached hydrogens (tertiary/aromatic N) is 2. The molecule has 0 aliphatic heterocycles. The second kappa shape index (κ2) is 5.51. The molecule has 0 saturated carbocycles. The smallest absolute Gasteiger partial charge is 0.243 e. The summed E-state index contributed by atoms with van der Waals surface area (Å²) in [5, 5.41) is 0.313. The van der Waals surface area contributed by atoms with Gasteiger partial charge in [0.2, 0.25) is 11.8 Å². The van der Waals surface area contributed by atoms with Crippen LogP contribution in [0, 0.1) is 6.92 Å². The van der Waals surface area contributed by atoms with E-state index >= 15 is 0 Å². The van der Waals surface area contributed by atoms with Crippen LogP contribution in [0.4, 0.5) is 5.95 Å². The molecule has 2 rings (SSSR count). The zero-order valence-electron chi connectivity index (χ0n) is 9.45. The Morgan fingerprint density at radius 3 is 2.94 bits per heavy atom. The Balaban J connectivity index is 2.36. The van der Waals surface area contributed by atoms with E-state index in [-0.39, 0.29) is 11.8 Å². The molecule has 0 amide bonds. The number of ether oxygens (including phenoxy) is 1. The molecule has 0 atom stereocenters. The van der Waals surface area contributed by atoms with Crippen LogP contribution in [0.1, 0.15) is 5.56 Å². The molecule has 0 aliphatic carbocycles. The molecule has 94 valence electrons. The van der Waals surface area contributed by atoms with E-state index < -0.39 is 0 Å². The third kappa shape index (κ3) is 2.90. The molecule has 0 fully saturated rings. The van der Waals surface area contributed by atoms with Crippen molar-refractivity contribution in [1.29, 1.82) is 0 Å². The lowest BCUT2D eigenvalue weighted by molar-refractivity contribution is 0.459. The molecule has 1 aromatic heterocycles. The fourth-order valence-corrected chi connectivity index (χ4v) is 1.75. The number of hydrogen-bond acceptors (Lipinski definition) is 5. The maximum Gasteiger partial charge on any atom is 0.243 e. The van der Waals surface area contributed by atoms with Gasteiger partial charge in [0, 0.05) is 4.47 Å². The van der Waals surface area contributed by atoms with Crippen LogP contribution < -0.4 is 16.0 Å². The number of aryl methyl sites for hydroxylation is 1. The maximum absolute atomic E-state index is 5.96. The molecule has 0 radical (unpaired) electrons. The third-order valence-electron chi connectivity index (χ3n) is 2.20. The van der Waals surface area contributed by atoms with Crippen molar-refractivity contribution < 1.29 is 4.74 Å². The molecular formula is C11H10BrClN4O. The first-order valence-electron chi connectivity index (χ1n) is 5.03. The number of rotatable bonds is 3. The number of benzene rings is 1. The fourth-order valence-electron chi connectivity index (χ4n) is 1.28. The van der Waals surface area contributed by atoms with Crippen LogP contribution in [-0.4, -0.2) is 9.97 Å². The summed E-state index contributed by atoms with van der Waals surface area (Å²) >= 11 is 9.34. The van der Waals surface area contributed by atoms with Gasteiger partial charge in [-0.25, -0.2) is 10.8 Å². The van der Waals surface area contributed by atoms with E-state index in [9.17, 15) is 0 Å². The number of hydrazine groups is 1. The minimum atomic E-state index is 0.238. The fraction of sp³-hybridized carbons (Fsp3) is 0.0909. The summed E-state index contributed by atoms with van der Waals surface area (Å²) in [5.41, 5.74) is 3.30. The van der Waals surface area contributed by atoms with E-state index in [1.54, 1.807) is 0 Å². The summed E-state index contributed by atoms with van der Waals surface area (Å²) in [7, 11) is 0. The summed E-state index contributed by atoms with van der Waals surface area (Å²) in [4.78, 5) is 7.91. The predicted octanol–water partition coefficient (Wildman–Crippen LogP) is 3.28. The Kier molecular flexibility index (Phi) is 4.00. The van der Waals surface area contributed by atoms with Crippen LogP contribution in [0.5, 0.6) is 11.6 Å². The molecule has 0 bridgehead atoms. The Hall–Kier alpha value is -1.37. The van der Waals surface area contributed by atoms with Gasteiger partial charge in [-0.05, 0) is 24.6 Å². The Morgan fingerprint density at radius 1 is 1.44 bits per heavy atom. The molecule has 7 heteroatoms. The molecule has 2 aromatic rings. The van der Waals surface area contributed by atoms with Gasteiger partial charge in [-0.15, -0.1) is 0 Å². The van der Waals surface area contributed by atoms with Crippen LogP contribution in [0.2, 0.25) is 5.02 Å². The Labute approximate surface area is 117 Å². The summed E-state index contributed by atoms with van der Waals surface area (Å²) in [5.74, 6) is 6.38. The van der Waals surface area contributed by atoms with E-state index in [4.69, 9.17) is 22.2 Å². The van der Waals surface area contributed by atoms with E-state index in [1.807, 2.05) is 25.1 Å². The van der Waals surface area contributed by atoms with Crippen LogP contribution in [-0.2, 0) is 0 Å². The first kappa shape index (κ1) is 13.1. The van der Waals surface area contributed by atoms with Crippen molar-refractivity contribution in [2.75, 3.05) is 5.43 Å². The Bertz CT molecular complexity index is 579. The van der Waals surface area contributed by atoms with E-state index in [0.29, 0.717) is 10.8 Å². The van der Waals surface area contributed by atoms with Gasteiger partial charge in [0.15, 0.2) is 0 Å². The maximum atomic E-state index is 5.96. The van der Waals surface area contributed by atoms with Crippen LogP contribution in [0.15, 0.2) is 28.9 Å². The highest BCUT2D eigenvalue weighted by Gasteiger charge is 2.09. The monoisotopic (exact) mass is 328 g/mol. The number of aromatic nitrogens is 2. The number of halogens is 2. The lowest BCUT2D eigenvalue weighted by atomic mass is 10.2. The number of nitrogens with one attached hydrogen (secondary N) is 1. The van der Waals surface area contributed by atoms with E-state index in [0.717, 1.165) is 10.0 Å². The second-order valence-corrected chi connectivity index (χ2v) is 4.83. The molecule has 0 saturated heterocycles. The van der Waals surface area contributed by atoms with E-state index in [2.05, 4.69) is 31.3 Å². The van der Waals surface area contributed by atoms with Crippen molar-refractivity contribution in [1.82, 2.24) is 9.97 Å². The number of anilines is 1. The molecular weight excluding hydrogens is 320 g/mol. The lowest BCUT2D eigenvalue weighted by Gasteiger charge is -2.10. The van der Waals surface area contributed by atoms with Crippen LogP contribution in [0.25, 0.3) is 0 Å². The molecule has 0 unspecified atom stereocenters. The number of nitrogens with two attached hydrogens (primary N) is 1. The molecule has 1 heterocycles. The molecule has 0 spiro atoms. The molecule has 0 aliphatic rings. The summed E-state index contributed by atoms with van der Waals surface area (Å²) in [6.45, 7) is 1.93. The lowest BCUT2D eigenvalue weighted by Crippen LogP contribution is -2.10. The third-order valence-corrected chi connectivity index (χ3v) is 2.95. The Morgan fingerprint density at radius 2 is 2.22 bits per heavy atom. The van der Waals surface area contributed by atoms with Gasteiger partial charge in [-0.3, -0.25) is 5.43 Å². The first-order chi connectivity index (χ1) is 8.60. The minimum Gasteiger partial charge on any atom is -0.437 e. The van der Waals surface area contributed by atoms with Gasteiger partial charge < -0.3 is 4.74 Å². The van der Waals surface area contributed by atoms with Gasteiger partial charge in [-0.1, -0.05) is 33.6 Å². The highest BCUT2D eigenvalue weighted by atomic mass is 79.9. The highest BCUT2D eigenvalue weighted by Crippen LogP contribution is 2.31. The molecule has 18 heavy (non-hydrogen) atoms. The zero-order chi connectivity index (χ0) is 13.1. The van der Waals surface area contributed by atoms with Crippen molar-refractivity contribution in [3.8, 4) is 11.6 Å². The summed E-state index contributed by atoms with van der Waals surface area (Å²) < 4.78 is 6.56. The van der Waals surface area contributed by atoms with E-state index in [1.165, 1.54) is 6.20 Å². The standard InChI is InChI=1S/C11H10BrClN4O/c1-6-2-3-7(12)4-9(6)18-10-8(13)5-15-11(16-10)17-14/h2-5H,14H2,1H3,(H,15,16,17). The summed E-state index contributed by atoms with van der Waals surface area (Å²) in [6, 6.07) is 5.69. The van der Waals surface area contributed by atoms with Gasteiger partial charge in [-0.2, -0.15) is 4.98 Å². The molecule has 3 N–H and O–H groups in total. The normalized spacial score (nSPS) is 10.2. The SMILES string of the molecule is Cc1ccc(Br)cc1Oc1nc(NN)ncc1Cl. The highest BCUT2D eigenvalue weighted by molar-refractivity contribution is 9.10. The zero-order valence-corrected chi connectivity index (χ0v) is 11.8. The minimum absolute atomic E-state index is 0.238. The molecule has 5 nitrogen and oxygen atoms in total. The van der Waals surface area contributed by atoms with Crippen molar-refractivity contribution in [3.05, 3.63) is 39.5 Å². The van der Waals surface area contributed by atoms with Gasteiger partial charge in [0.1, 0.15) is 10.8 Å². The van der Waals surface area contributed by atoms with Gasteiger partial charge in [0.25, 0.3) is 0 Å². The van der Waals surface area contributed by atoms with Crippen molar-refractivity contribution in [2.45, 2.75) is 6.92 Å². The quantitative estimate of drug-likeness (QED) is 0.668. The second-order valence-electron chi connectivity index (χ2n) is 3.50. The van der Waals surface area contributed by atoms with Gasteiger partial charge >= 0.3 is 0 Å². The van der Waals surface area contributed by atoms with Crippen molar-refractivity contribution >= 4 is 33.5 Å². The topological polar surface area (TPSA) is 73.1 Å². The summed E-state index contributed by atoms with van der Waals surface area (Å²) in [6.07, 6.45) is 1.42. The average Bonchev–Trinajstić information content (AvgIpc) is 2.36. The number of nitrogen functional groups attached to an aromatic ring is 1.